The SMILES string of the molecule is CC(C)[C@@H](CO)NC(=O)C1CCCCCC1N. The molecule has 1 aliphatic carbocycles. The van der Waals surface area contributed by atoms with Gasteiger partial charge in [0.15, 0.2) is 0 Å². The molecule has 1 aliphatic rings. The highest BCUT2D eigenvalue weighted by Gasteiger charge is 2.28. The molecule has 0 aromatic carbocycles. The molecule has 4 nitrogen and oxygen atoms in total. The van der Waals surface area contributed by atoms with Crippen molar-refractivity contribution in [2.75, 3.05) is 6.61 Å². The van der Waals surface area contributed by atoms with Gasteiger partial charge in [0.1, 0.15) is 0 Å². The summed E-state index contributed by atoms with van der Waals surface area (Å²) in [5.41, 5.74) is 6.05. The molecule has 4 N–H and O–H groups in total. The Morgan fingerprint density at radius 2 is 2.00 bits per heavy atom. The smallest absolute Gasteiger partial charge is 0.224 e. The monoisotopic (exact) mass is 242 g/mol. The van der Waals surface area contributed by atoms with Crippen LogP contribution in [0.3, 0.4) is 0 Å². The standard InChI is InChI=1S/C13H26N2O2/c1-9(2)12(8-16)15-13(17)10-6-4-3-5-7-11(10)14/h9-12,16H,3-8,14H2,1-2H3,(H,15,17)/t10?,11?,12-/m1/s1. The van der Waals surface area contributed by atoms with Crippen molar-refractivity contribution in [3.05, 3.63) is 0 Å². The van der Waals surface area contributed by atoms with Crippen molar-refractivity contribution in [3.8, 4) is 0 Å². The highest BCUT2D eigenvalue weighted by molar-refractivity contribution is 5.79. The lowest BCUT2D eigenvalue weighted by molar-refractivity contribution is -0.127. The van der Waals surface area contributed by atoms with Crippen LogP contribution in [0.25, 0.3) is 0 Å². The van der Waals surface area contributed by atoms with E-state index in [0.29, 0.717) is 0 Å². The number of aliphatic hydroxyl groups is 1. The van der Waals surface area contributed by atoms with Gasteiger partial charge in [-0.1, -0.05) is 33.1 Å². The van der Waals surface area contributed by atoms with E-state index in [4.69, 9.17) is 5.73 Å². The van der Waals surface area contributed by atoms with E-state index in [-0.39, 0.29) is 36.4 Å². The summed E-state index contributed by atoms with van der Waals surface area (Å²) in [7, 11) is 0. The highest BCUT2D eigenvalue weighted by Crippen LogP contribution is 2.22. The van der Waals surface area contributed by atoms with Crippen LogP contribution >= 0.6 is 0 Å². The van der Waals surface area contributed by atoms with E-state index >= 15 is 0 Å². The predicted molar refractivity (Wildman–Crippen MR) is 68.4 cm³/mol. The first kappa shape index (κ1) is 14.5. The Balaban J connectivity index is 2.55. The zero-order chi connectivity index (χ0) is 12.8. The van der Waals surface area contributed by atoms with E-state index in [1.54, 1.807) is 0 Å². The third-order valence-electron chi connectivity index (χ3n) is 3.74. The van der Waals surface area contributed by atoms with Gasteiger partial charge < -0.3 is 16.2 Å². The lowest BCUT2D eigenvalue weighted by Gasteiger charge is -2.25. The number of nitrogens with two attached hydrogens (primary N) is 1. The second-order valence-electron chi connectivity index (χ2n) is 5.45. The van der Waals surface area contributed by atoms with Crippen LogP contribution in [0.5, 0.6) is 0 Å². The molecular weight excluding hydrogens is 216 g/mol. The van der Waals surface area contributed by atoms with Gasteiger partial charge >= 0.3 is 0 Å². The lowest BCUT2D eigenvalue weighted by atomic mass is 9.93. The number of aliphatic hydroxyl groups excluding tert-OH is 1. The number of hydrogen-bond donors (Lipinski definition) is 3. The minimum Gasteiger partial charge on any atom is -0.394 e. The summed E-state index contributed by atoms with van der Waals surface area (Å²) in [5.74, 6) is 0.184. The van der Waals surface area contributed by atoms with Crippen LogP contribution in [-0.4, -0.2) is 29.7 Å². The molecule has 100 valence electrons. The number of hydrogen-bond acceptors (Lipinski definition) is 3. The van der Waals surface area contributed by atoms with Crippen molar-refractivity contribution in [1.82, 2.24) is 5.32 Å². The zero-order valence-corrected chi connectivity index (χ0v) is 11.0. The Kier molecular flexibility index (Phi) is 5.92. The van der Waals surface area contributed by atoms with Gasteiger partial charge in [0, 0.05) is 6.04 Å². The van der Waals surface area contributed by atoms with Crippen molar-refractivity contribution >= 4 is 5.91 Å². The maximum atomic E-state index is 12.1. The van der Waals surface area contributed by atoms with E-state index in [2.05, 4.69) is 5.32 Å². The van der Waals surface area contributed by atoms with Crippen LogP contribution in [-0.2, 0) is 4.79 Å². The van der Waals surface area contributed by atoms with Crippen molar-refractivity contribution in [2.24, 2.45) is 17.6 Å². The lowest BCUT2D eigenvalue weighted by Crippen LogP contribution is -2.48. The fourth-order valence-electron chi connectivity index (χ4n) is 2.37. The van der Waals surface area contributed by atoms with Crippen LogP contribution in [0, 0.1) is 11.8 Å². The first-order valence-electron chi connectivity index (χ1n) is 6.73. The van der Waals surface area contributed by atoms with Gasteiger partial charge in [-0.2, -0.15) is 0 Å². The molecule has 0 bridgehead atoms. The largest absolute Gasteiger partial charge is 0.394 e. The highest BCUT2D eigenvalue weighted by atomic mass is 16.3. The van der Waals surface area contributed by atoms with Crippen LogP contribution in [0.15, 0.2) is 0 Å². The van der Waals surface area contributed by atoms with Crippen LogP contribution in [0.2, 0.25) is 0 Å². The second kappa shape index (κ2) is 6.97. The van der Waals surface area contributed by atoms with Crippen LogP contribution < -0.4 is 11.1 Å². The molecule has 0 heterocycles. The molecule has 2 unspecified atom stereocenters. The average Bonchev–Trinajstić information content (AvgIpc) is 2.50. The van der Waals surface area contributed by atoms with E-state index in [1.807, 2.05) is 13.8 Å². The van der Waals surface area contributed by atoms with Gasteiger partial charge in [0.25, 0.3) is 0 Å². The molecule has 0 saturated heterocycles. The topological polar surface area (TPSA) is 75.3 Å². The minimum atomic E-state index is -0.155. The van der Waals surface area contributed by atoms with Crippen molar-refractivity contribution in [1.29, 1.82) is 0 Å². The van der Waals surface area contributed by atoms with Crippen molar-refractivity contribution < 1.29 is 9.90 Å². The number of nitrogens with one attached hydrogen (secondary N) is 1. The zero-order valence-electron chi connectivity index (χ0n) is 11.0. The maximum absolute atomic E-state index is 12.1. The number of carbonyl (C=O) groups is 1. The quantitative estimate of drug-likeness (QED) is 0.644. The Labute approximate surface area is 104 Å². The molecule has 0 radical (unpaired) electrons. The molecule has 4 heteroatoms. The van der Waals surface area contributed by atoms with E-state index in [9.17, 15) is 9.90 Å². The summed E-state index contributed by atoms with van der Waals surface area (Å²) in [6.07, 6.45) is 5.19. The molecule has 0 aliphatic heterocycles. The van der Waals surface area contributed by atoms with Crippen molar-refractivity contribution in [3.63, 3.8) is 0 Å². The summed E-state index contributed by atoms with van der Waals surface area (Å²) < 4.78 is 0. The van der Waals surface area contributed by atoms with Gasteiger partial charge in [-0.15, -0.1) is 0 Å². The van der Waals surface area contributed by atoms with Gasteiger partial charge in [-0.3, -0.25) is 4.79 Å². The maximum Gasteiger partial charge on any atom is 0.224 e. The molecule has 1 fully saturated rings. The summed E-state index contributed by atoms with van der Waals surface area (Å²) >= 11 is 0. The van der Waals surface area contributed by atoms with Gasteiger partial charge in [-0.25, -0.2) is 0 Å². The Bertz CT molecular complexity index is 244. The first-order valence-corrected chi connectivity index (χ1v) is 6.73. The predicted octanol–water partition coefficient (Wildman–Crippen LogP) is 1.03. The average molecular weight is 242 g/mol. The summed E-state index contributed by atoms with van der Waals surface area (Å²) in [5, 5.41) is 12.1. The van der Waals surface area contributed by atoms with E-state index in [0.717, 1.165) is 25.7 Å². The summed E-state index contributed by atoms with van der Waals surface area (Å²) in [6, 6.07) is -0.179. The Hall–Kier alpha value is -0.610. The summed E-state index contributed by atoms with van der Waals surface area (Å²) in [4.78, 5) is 12.1. The van der Waals surface area contributed by atoms with E-state index < -0.39 is 0 Å². The number of amides is 1. The van der Waals surface area contributed by atoms with Gasteiger partial charge in [0.05, 0.1) is 18.6 Å². The second-order valence-corrected chi connectivity index (χ2v) is 5.45. The van der Waals surface area contributed by atoms with Crippen LogP contribution in [0.4, 0.5) is 0 Å². The molecule has 1 saturated carbocycles. The molecule has 0 aromatic heterocycles. The third-order valence-corrected chi connectivity index (χ3v) is 3.74. The Morgan fingerprint density at radius 3 is 2.59 bits per heavy atom. The molecule has 17 heavy (non-hydrogen) atoms. The molecule has 0 aromatic rings. The Morgan fingerprint density at radius 1 is 1.35 bits per heavy atom. The number of rotatable bonds is 4. The molecule has 1 amide bonds. The minimum absolute atomic E-state index is 0.00857. The van der Waals surface area contributed by atoms with Gasteiger partial charge in [-0.05, 0) is 18.8 Å². The van der Waals surface area contributed by atoms with Crippen LogP contribution in [0.1, 0.15) is 46.0 Å². The van der Waals surface area contributed by atoms with E-state index in [1.165, 1.54) is 6.42 Å². The molecule has 0 spiro atoms. The molecular formula is C13H26N2O2. The van der Waals surface area contributed by atoms with Crippen molar-refractivity contribution in [2.45, 2.75) is 58.0 Å². The molecule has 1 rings (SSSR count). The first-order chi connectivity index (χ1) is 8.06. The third kappa shape index (κ3) is 4.28. The fraction of sp³-hybridized carbons (Fsp3) is 0.923. The molecule has 3 atom stereocenters. The normalized spacial score (nSPS) is 27.6. The fourth-order valence-corrected chi connectivity index (χ4v) is 2.37. The summed E-state index contributed by atoms with van der Waals surface area (Å²) in [6.45, 7) is 3.98. The number of carbonyl (C=O) groups excluding carboxylic acids is 1. The van der Waals surface area contributed by atoms with Gasteiger partial charge in [0.2, 0.25) is 5.91 Å².